The molecule has 0 saturated heterocycles. The van der Waals surface area contributed by atoms with Gasteiger partial charge in [0.25, 0.3) is 0 Å². The molecule has 0 amide bonds. The molecule has 2 heteroatoms. The van der Waals surface area contributed by atoms with Crippen LogP contribution in [-0.4, -0.2) is 20.2 Å². The Morgan fingerprint density at radius 2 is 1.53 bits per heavy atom. The van der Waals surface area contributed by atoms with E-state index < -0.39 is 8.07 Å². The smallest absolute Gasteiger partial charge is 0.0446 e. The summed E-state index contributed by atoms with van der Waals surface area (Å²) in [5.41, 5.74) is 0.257. The molecule has 0 aliphatic heterocycles. The van der Waals surface area contributed by atoms with Crippen molar-refractivity contribution in [2.45, 2.75) is 65.8 Å². The number of nitrogens with one attached hydrogen (secondary N) is 1. The molecule has 0 aromatic carbocycles. The minimum Gasteiger partial charge on any atom is -0.312 e. The minimum absolute atomic E-state index is 0.257. The lowest BCUT2D eigenvalue weighted by Gasteiger charge is -2.31. The van der Waals surface area contributed by atoms with E-state index in [1.165, 1.54) is 12.6 Å². The fourth-order valence-corrected chi connectivity index (χ4v) is 3.96. The molecule has 0 aromatic heterocycles. The molecule has 0 aromatic rings. The van der Waals surface area contributed by atoms with Gasteiger partial charge < -0.3 is 5.32 Å². The van der Waals surface area contributed by atoms with Gasteiger partial charge in [0.05, 0.1) is 0 Å². The number of hydrogen-bond acceptors (Lipinski definition) is 1. The van der Waals surface area contributed by atoms with Gasteiger partial charge in [0.1, 0.15) is 0 Å². The van der Waals surface area contributed by atoms with E-state index in [-0.39, 0.29) is 5.54 Å². The Morgan fingerprint density at radius 3 is 1.80 bits per heavy atom. The predicted octanol–water partition coefficient (Wildman–Crippen LogP) is 3.98. The molecule has 1 unspecified atom stereocenters. The van der Waals surface area contributed by atoms with Crippen LogP contribution in [0.25, 0.3) is 0 Å². The summed E-state index contributed by atoms with van der Waals surface area (Å²) in [4.78, 5) is 0. The van der Waals surface area contributed by atoms with Crippen molar-refractivity contribution in [1.82, 2.24) is 5.32 Å². The van der Waals surface area contributed by atoms with E-state index in [0.717, 1.165) is 11.8 Å². The standard InChI is InChI=1S/C13H31NSi/c1-11(2)12(10-15(6,7)8)9-14-13(3,4)5/h11-12,14H,9-10H2,1-8H3. The molecule has 0 bridgehead atoms. The summed E-state index contributed by atoms with van der Waals surface area (Å²) in [6, 6.07) is 1.44. The third-order valence-corrected chi connectivity index (χ3v) is 4.46. The van der Waals surface area contributed by atoms with Gasteiger partial charge >= 0.3 is 0 Å². The SMILES string of the molecule is CC(C)C(CNC(C)(C)C)C[Si](C)(C)C. The lowest BCUT2D eigenvalue weighted by molar-refractivity contribution is 0.330. The molecule has 0 saturated carbocycles. The van der Waals surface area contributed by atoms with Crippen LogP contribution in [0.3, 0.4) is 0 Å². The zero-order valence-electron chi connectivity index (χ0n) is 12.1. The lowest BCUT2D eigenvalue weighted by Crippen LogP contribution is -2.42. The van der Waals surface area contributed by atoms with Crippen LogP contribution in [0.5, 0.6) is 0 Å². The number of hydrogen-bond donors (Lipinski definition) is 1. The van der Waals surface area contributed by atoms with Crippen LogP contribution in [0, 0.1) is 11.8 Å². The molecular weight excluding hydrogens is 198 g/mol. The van der Waals surface area contributed by atoms with E-state index in [1.54, 1.807) is 0 Å². The van der Waals surface area contributed by atoms with Gasteiger partial charge in [-0.15, -0.1) is 0 Å². The highest BCUT2D eigenvalue weighted by molar-refractivity contribution is 6.76. The van der Waals surface area contributed by atoms with Crippen LogP contribution in [0.2, 0.25) is 25.7 Å². The highest BCUT2D eigenvalue weighted by atomic mass is 28.3. The van der Waals surface area contributed by atoms with Gasteiger partial charge in [-0.05, 0) is 39.2 Å². The van der Waals surface area contributed by atoms with Gasteiger partial charge in [-0.2, -0.15) is 0 Å². The van der Waals surface area contributed by atoms with Crippen LogP contribution in [0.1, 0.15) is 34.6 Å². The van der Waals surface area contributed by atoms with E-state index in [2.05, 4.69) is 59.6 Å². The van der Waals surface area contributed by atoms with Crippen molar-refractivity contribution in [2.24, 2.45) is 11.8 Å². The maximum absolute atomic E-state index is 3.65. The van der Waals surface area contributed by atoms with Gasteiger partial charge in [0, 0.05) is 13.6 Å². The molecule has 0 spiro atoms. The first-order chi connectivity index (χ1) is 6.51. The summed E-state index contributed by atoms with van der Waals surface area (Å²) in [7, 11) is -0.919. The van der Waals surface area contributed by atoms with E-state index >= 15 is 0 Å². The Balaban J connectivity index is 4.18. The Morgan fingerprint density at radius 1 is 1.07 bits per heavy atom. The Hall–Kier alpha value is 0.177. The van der Waals surface area contributed by atoms with Crippen LogP contribution in [0.15, 0.2) is 0 Å². The third-order valence-electron chi connectivity index (χ3n) is 2.71. The molecule has 1 N–H and O–H groups in total. The second-order valence-electron chi connectivity index (χ2n) is 7.40. The molecule has 0 fully saturated rings. The van der Waals surface area contributed by atoms with Crippen LogP contribution < -0.4 is 5.32 Å². The second kappa shape index (κ2) is 5.49. The molecule has 0 aliphatic carbocycles. The Labute approximate surface area is 98.0 Å². The average molecular weight is 229 g/mol. The second-order valence-corrected chi connectivity index (χ2v) is 12.9. The quantitative estimate of drug-likeness (QED) is 0.703. The normalized spacial score (nSPS) is 15.8. The topological polar surface area (TPSA) is 12.0 Å². The van der Waals surface area contributed by atoms with E-state index in [0.29, 0.717) is 0 Å². The van der Waals surface area contributed by atoms with E-state index in [1.807, 2.05) is 0 Å². The van der Waals surface area contributed by atoms with Crippen molar-refractivity contribution < 1.29 is 0 Å². The molecule has 0 rings (SSSR count). The van der Waals surface area contributed by atoms with Crippen molar-refractivity contribution in [1.29, 1.82) is 0 Å². The van der Waals surface area contributed by atoms with Crippen molar-refractivity contribution in [3.63, 3.8) is 0 Å². The van der Waals surface area contributed by atoms with Crippen molar-refractivity contribution >= 4 is 8.07 Å². The zero-order valence-corrected chi connectivity index (χ0v) is 13.1. The van der Waals surface area contributed by atoms with Crippen LogP contribution in [0.4, 0.5) is 0 Å². The van der Waals surface area contributed by atoms with Crippen molar-refractivity contribution in [3.05, 3.63) is 0 Å². The summed E-state index contributed by atoms with van der Waals surface area (Å²) >= 11 is 0. The van der Waals surface area contributed by atoms with E-state index in [4.69, 9.17) is 0 Å². The fourth-order valence-electron chi connectivity index (χ4n) is 1.77. The maximum Gasteiger partial charge on any atom is 0.0446 e. The van der Waals surface area contributed by atoms with Gasteiger partial charge in [-0.1, -0.05) is 39.5 Å². The summed E-state index contributed by atoms with van der Waals surface area (Å²) in [6.07, 6.45) is 0. The van der Waals surface area contributed by atoms with Gasteiger partial charge in [-0.3, -0.25) is 0 Å². The monoisotopic (exact) mass is 229 g/mol. The average Bonchev–Trinajstić information content (AvgIpc) is 1.93. The van der Waals surface area contributed by atoms with Crippen LogP contribution >= 0.6 is 0 Å². The fraction of sp³-hybridized carbons (Fsp3) is 1.00. The molecule has 0 heterocycles. The van der Waals surface area contributed by atoms with Crippen molar-refractivity contribution in [2.75, 3.05) is 6.54 Å². The molecule has 1 nitrogen and oxygen atoms in total. The highest BCUT2D eigenvalue weighted by Gasteiger charge is 2.23. The molecule has 15 heavy (non-hydrogen) atoms. The predicted molar refractivity (Wildman–Crippen MR) is 74.2 cm³/mol. The Bertz CT molecular complexity index is 174. The zero-order chi connectivity index (χ0) is 12.3. The maximum atomic E-state index is 3.65. The summed E-state index contributed by atoms with van der Waals surface area (Å²) in [6.45, 7) is 20.0. The highest BCUT2D eigenvalue weighted by Crippen LogP contribution is 2.23. The summed E-state index contributed by atoms with van der Waals surface area (Å²) in [5, 5.41) is 3.65. The molecule has 92 valence electrons. The minimum atomic E-state index is -0.919. The molecule has 0 radical (unpaired) electrons. The first kappa shape index (κ1) is 15.2. The molecule has 0 aliphatic rings. The molecular formula is C13H31NSi. The Kier molecular flexibility index (Phi) is 5.55. The van der Waals surface area contributed by atoms with Gasteiger partial charge in [0.15, 0.2) is 0 Å². The van der Waals surface area contributed by atoms with Gasteiger partial charge in [0.2, 0.25) is 0 Å². The van der Waals surface area contributed by atoms with Crippen LogP contribution in [-0.2, 0) is 0 Å². The number of rotatable bonds is 5. The van der Waals surface area contributed by atoms with Gasteiger partial charge in [-0.25, -0.2) is 0 Å². The lowest BCUT2D eigenvalue weighted by atomic mass is 9.96. The first-order valence-corrected chi connectivity index (χ1v) is 9.97. The summed E-state index contributed by atoms with van der Waals surface area (Å²) in [5.74, 6) is 1.64. The summed E-state index contributed by atoms with van der Waals surface area (Å²) < 4.78 is 0. The largest absolute Gasteiger partial charge is 0.312 e. The third kappa shape index (κ3) is 9.13. The van der Waals surface area contributed by atoms with Crippen molar-refractivity contribution in [3.8, 4) is 0 Å². The molecule has 1 atom stereocenters. The first-order valence-electron chi connectivity index (χ1n) is 6.26. The van der Waals surface area contributed by atoms with E-state index in [9.17, 15) is 0 Å².